The van der Waals surface area contributed by atoms with Crippen molar-refractivity contribution in [1.82, 2.24) is 0 Å². The van der Waals surface area contributed by atoms with Crippen molar-refractivity contribution >= 4 is 81.2 Å². The zero-order chi connectivity index (χ0) is 29.2. The Balaban J connectivity index is 1.83. The van der Waals surface area contributed by atoms with E-state index in [0.717, 1.165) is 23.5 Å². The number of nitrogens with zero attached hydrogens (tertiary/aromatic N) is 3. The number of nitrogens with two attached hydrogens (primary N) is 1. The molecule has 1 heterocycles. The van der Waals surface area contributed by atoms with Crippen molar-refractivity contribution in [2.75, 3.05) is 16.9 Å². The number of nitrogen functional groups attached to an aromatic ring is 1. The number of thiophene rings is 1. The van der Waals surface area contributed by atoms with Crippen LogP contribution in [0.2, 0.25) is 0 Å². The van der Waals surface area contributed by atoms with E-state index in [1.807, 2.05) is 6.07 Å². The van der Waals surface area contributed by atoms with E-state index in [1.54, 1.807) is 24.3 Å². The van der Waals surface area contributed by atoms with Crippen molar-refractivity contribution in [2.45, 2.75) is 16.2 Å². The van der Waals surface area contributed by atoms with Gasteiger partial charge in [-0.15, -0.1) is 21.8 Å². The van der Waals surface area contributed by atoms with Crippen molar-refractivity contribution in [3.05, 3.63) is 60.2 Å². The normalized spacial score (nSPS) is 12.1. The van der Waals surface area contributed by atoms with Gasteiger partial charge in [-0.1, -0.05) is 35.6 Å². The number of carbonyl (C=O) groups is 1. The molecule has 0 atom stereocenters. The lowest BCUT2D eigenvalue weighted by molar-refractivity contribution is -0.115. The van der Waals surface area contributed by atoms with Gasteiger partial charge in [-0.3, -0.25) is 13.9 Å². The number of carbonyl (C=O) groups excluding carboxylic acids is 1. The van der Waals surface area contributed by atoms with Crippen molar-refractivity contribution < 1.29 is 30.7 Å². The zero-order valence-electron chi connectivity index (χ0n) is 20.1. The third-order valence-corrected chi connectivity index (χ3v) is 8.42. The van der Waals surface area contributed by atoms with Crippen molar-refractivity contribution in [2.24, 2.45) is 10.2 Å². The molecule has 0 saturated carbocycles. The molecule has 0 fully saturated rings. The quantitative estimate of drug-likeness (QED) is 0.111. The highest BCUT2D eigenvalue weighted by Gasteiger charge is 2.22. The lowest BCUT2D eigenvalue weighted by Crippen LogP contribution is -2.11. The average Bonchev–Trinajstić information content (AvgIpc) is 3.21. The summed E-state index contributed by atoms with van der Waals surface area (Å²) in [6.45, 7) is 0. The van der Waals surface area contributed by atoms with Crippen LogP contribution < -0.4 is 11.1 Å². The van der Waals surface area contributed by atoms with E-state index in [2.05, 4.69) is 15.5 Å². The number of hydrogen-bond acceptors (Lipinski definition) is 10. The monoisotopic (exact) mass is 619 g/mol. The molecule has 40 heavy (non-hydrogen) atoms. The summed E-state index contributed by atoms with van der Waals surface area (Å²) < 4.78 is 67.4. The maximum atomic E-state index is 12.1. The van der Waals surface area contributed by atoms with E-state index in [4.69, 9.17) is 17.3 Å². The number of fused-ring (bicyclic) bond motifs is 1. The molecule has 0 saturated heterocycles. The molecule has 0 aliphatic rings. The first-order valence-corrected chi connectivity index (χ1v) is 15.3. The number of azo groups is 1. The van der Waals surface area contributed by atoms with Crippen molar-refractivity contribution in [3.63, 3.8) is 0 Å². The Morgan fingerprint density at radius 3 is 2.27 bits per heavy atom. The van der Waals surface area contributed by atoms with E-state index in [9.17, 15) is 36.0 Å². The number of benzene rings is 3. The van der Waals surface area contributed by atoms with Crippen LogP contribution in [0.25, 0.3) is 21.9 Å². The van der Waals surface area contributed by atoms with Gasteiger partial charge in [0.2, 0.25) is 5.91 Å². The summed E-state index contributed by atoms with van der Waals surface area (Å²) in [6, 6.07) is 14.2. The highest BCUT2D eigenvalue weighted by atomic mass is 35.5. The van der Waals surface area contributed by atoms with Gasteiger partial charge in [0.05, 0.1) is 11.3 Å². The van der Waals surface area contributed by atoms with Gasteiger partial charge in [0.1, 0.15) is 25.9 Å². The Hall–Kier alpha value is -3.91. The Kier molecular flexibility index (Phi) is 8.21. The third kappa shape index (κ3) is 6.12. The maximum absolute atomic E-state index is 12.1. The van der Waals surface area contributed by atoms with E-state index in [-0.39, 0.29) is 50.2 Å². The number of halogens is 1. The molecule has 0 unspecified atom stereocenters. The zero-order valence-corrected chi connectivity index (χ0v) is 23.3. The highest BCUT2D eigenvalue weighted by Crippen LogP contribution is 2.45. The van der Waals surface area contributed by atoms with Gasteiger partial charge in [0, 0.05) is 34.3 Å². The van der Waals surface area contributed by atoms with E-state index in [1.165, 1.54) is 18.2 Å². The van der Waals surface area contributed by atoms with Crippen LogP contribution in [0.5, 0.6) is 0 Å². The van der Waals surface area contributed by atoms with Crippen LogP contribution in [0.4, 0.5) is 21.4 Å². The number of rotatable bonds is 8. The predicted molar refractivity (Wildman–Crippen MR) is 151 cm³/mol. The molecule has 3 aromatic carbocycles. The number of hydrogen-bond donors (Lipinski definition) is 4. The summed E-state index contributed by atoms with van der Waals surface area (Å²) in [7, 11) is -9.62. The maximum Gasteiger partial charge on any atom is 0.295 e. The fourth-order valence-electron chi connectivity index (χ4n) is 3.82. The molecular weight excluding hydrogens is 602 g/mol. The first kappa shape index (κ1) is 29.1. The molecule has 16 heteroatoms. The molecule has 5 N–H and O–H groups in total. The Bertz CT molecular complexity index is 1930. The second-order valence-corrected chi connectivity index (χ2v) is 12.3. The van der Waals surface area contributed by atoms with Gasteiger partial charge >= 0.3 is 0 Å². The van der Waals surface area contributed by atoms with Gasteiger partial charge in [-0.25, -0.2) is 0 Å². The smallest absolute Gasteiger partial charge is 0.295 e. The van der Waals surface area contributed by atoms with Crippen LogP contribution in [0, 0.1) is 11.3 Å². The van der Waals surface area contributed by atoms with Crippen molar-refractivity contribution in [3.8, 4) is 17.2 Å². The number of alkyl halides is 1. The summed E-state index contributed by atoms with van der Waals surface area (Å²) in [4.78, 5) is 10.6. The van der Waals surface area contributed by atoms with E-state index in [0.29, 0.717) is 16.8 Å². The molecule has 1 aromatic heterocycles. The molecule has 206 valence electrons. The molecule has 4 aromatic rings. The van der Waals surface area contributed by atoms with E-state index >= 15 is 0 Å². The van der Waals surface area contributed by atoms with Crippen LogP contribution in [0.3, 0.4) is 0 Å². The fourth-order valence-corrected chi connectivity index (χ4v) is 6.28. The van der Waals surface area contributed by atoms with E-state index < -0.39 is 30.0 Å². The number of nitriles is 1. The standard InChI is InChI=1S/C24H18ClN5O7S3/c25-9-8-21(31)28-14-6-4-13(5-7-14)22-18(12-26)23(27)38-24(22)30-29-15-10-17-16(20(11-15)40(35,36)37)2-1-3-19(17)39(32,33)34/h1-7,10-11H,8-9,27H2,(H,28,31)(H,32,33,34)(H,35,36,37)/b30-29+. The lowest BCUT2D eigenvalue weighted by atomic mass is 10.0. The molecule has 0 spiro atoms. The van der Waals surface area contributed by atoms with Crippen molar-refractivity contribution in [1.29, 1.82) is 5.26 Å². The molecule has 0 aliphatic heterocycles. The van der Waals surface area contributed by atoms with Gasteiger partial charge < -0.3 is 11.1 Å². The van der Waals surface area contributed by atoms with Gasteiger partial charge in [0.25, 0.3) is 20.2 Å². The molecule has 0 bridgehead atoms. The second kappa shape index (κ2) is 11.3. The van der Waals surface area contributed by atoms with Crippen LogP contribution in [0.1, 0.15) is 12.0 Å². The van der Waals surface area contributed by atoms with Gasteiger partial charge in [-0.2, -0.15) is 22.1 Å². The SMILES string of the molecule is N#Cc1c(N)sc(/N=N/c2cc(S(=O)(=O)O)c3cccc(S(=O)(=O)O)c3c2)c1-c1ccc(NC(=O)CCCl)cc1. The minimum atomic E-state index is -4.85. The van der Waals surface area contributed by atoms with Crippen LogP contribution in [-0.4, -0.2) is 37.7 Å². The Labute approximate surface area is 237 Å². The van der Waals surface area contributed by atoms with Crippen LogP contribution >= 0.6 is 22.9 Å². The minimum Gasteiger partial charge on any atom is -0.389 e. The second-order valence-electron chi connectivity index (χ2n) is 8.14. The Morgan fingerprint density at radius 2 is 1.68 bits per heavy atom. The summed E-state index contributed by atoms with van der Waals surface area (Å²) in [6.07, 6.45) is 0.132. The minimum absolute atomic E-state index is 0.115. The molecule has 12 nitrogen and oxygen atoms in total. The van der Waals surface area contributed by atoms with Gasteiger partial charge in [0.15, 0.2) is 0 Å². The molecule has 1 amide bonds. The summed E-state index contributed by atoms with van der Waals surface area (Å²) in [5.74, 6) is -0.107. The molecular formula is C24H18ClN5O7S3. The third-order valence-electron chi connectivity index (χ3n) is 5.52. The average molecular weight is 620 g/mol. The number of anilines is 2. The van der Waals surface area contributed by atoms with Crippen LogP contribution in [-0.2, 0) is 25.0 Å². The summed E-state index contributed by atoms with van der Waals surface area (Å²) in [5.41, 5.74) is 7.30. The topological polar surface area (TPSA) is 212 Å². The molecule has 0 radical (unpaired) electrons. The molecule has 0 aliphatic carbocycles. The fraction of sp³-hybridized carbons (Fsp3) is 0.0833. The highest BCUT2D eigenvalue weighted by molar-refractivity contribution is 7.86. The Morgan fingerprint density at radius 1 is 1.00 bits per heavy atom. The van der Waals surface area contributed by atoms with Gasteiger partial charge in [-0.05, 0) is 35.9 Å². The first-order chi connectivity index (χ1) is 18.8. The van der Waals surface area contributed by atoms with Crippen LogP contribution in [0.15, 0.2) is 74.6 Å². The molecule has 4 rings (SSSR count). The lowest BCUT2D eigenvalue weighted by Gasteiger charge is -2.09. The number of amides is 1. The predicted octanol–water partition coefficient (Wildman–Crippen LogP) is 5.50. The summed E-state index contributed by atoms with van der Waals surface area (Å²) in [5, 5.41) is 20.5. The summed E-state index contributed by atoms with van der Waals surface area (Å²) >= 11 is 6.51. The first-order valence-electron chi connectivity index (χ1n) is 11.1. The number of nitrogens with one attached hydrogen (secondary N) is 1. The largest absolute Gasteiger partial charge is 0.389 e.